The number of hydrogen-bond donors (Lipinski definition) is 1. The van der Waals surface area contributed by atoms with Crippen LogP contribution in [0, 0.1) is 0 Å². The van der Waals surface area contributed by atoms with Gasteiger partial charge in [-0.2, -0.15) is 0 Å². The van der Waals surface area contributed by atoms with Crippen molar-refractivity contribution in [2.75, 3.05) is 25.0 Å². The molecule has 0 spiro atoms. The van der Waals surface area contributed by atoms with Gasteiger partial charge in [0, 0.05) is 18.7 Å². The van der Waals surface area contributed by atoms with Crippen molar-refractivity contribution in [3.05, 3.63) is 78.4 Å². The van der Waals surface area contributed by atoms with Gasteiger partial charge in [0.05, 0.1) is 24.4 Å². The van der Waals surface area contributed by atoms with Crippen LogP contribution in [0.2, 0.25) is 0 Å². The van der Waals surface area contributed by atoms with Crippen LogP contribution in [0.1, 0.15) is 29.3 Å². The number of carbonyl (C=O) groups excluding carboxylic acids is 2. The first-order valence-corrected chi connectivity index (χ1v) is 9.82. The molecule has 1 aliphatic heterocycles. The average molecular weight is 407 g/mol. The molecule has 7 nitrogen and oxygen atoms in total. The first kappa shape index (κ1) is 21.1. The topological polar surface area (TPSA) is 80.2 Å². The SMILES string of the molecule is C=CCN(CC1CC(c2ccccc2)=NO1)C(=O)Nc1ccc(C(=O)OCC)cc1. The van der Waals surface area contributed by atoms with E-state index in [0.717, 1.165) is 11.3 Å². The third-order valence-electron chi connectivity index (χ3n) is 4.55. The average Bonchev–Trinajstić information content (AvgIpc) is 3.23. The number of nitrogens with one attached hydrogen (secondary N) is 1. The van der Waals surface area contributed by atoms with Crippen molar-refractivity contribution in [2.24, 2.45) is 5.16 Å². The van der Waals surface area contributed by atoms with Crippen LogP contribution < -0.4 is 5.32 Å². The summed E-state index contributed by atoms with van der Waals surface area (Å²) < 4.78 is 4.96. The van der Waals surface area contributed by atoms with Gasteiger partial charge in [-0.05, 0) is 36.8 Å². The summed E-state index contributed by atoms with van der Waals surface area (Å²) in [4.78, 5) is 31.6. The Hall–Kier alpha value is -3.61. The summed E-state index contributed by atoms with van der Waals surface area (Å²) in [5.74, 6) is -0.392. The van der Waals surface area contributed by atoms with Crippen LogP contribution in [0.25, 0.3) is 0 Å². The Morgan fingerprint density at radius 3 is 2.63 bits per heavy atom. The van der Waals surface area contributed by atoms with Crippen LogP contribution in [0.4, 0.5) is 10.5 Å². The molecule has 0 bridgehead atoms. The van der Waals surface area contributed by atoms with Crippen molar-refractivity contribution in [2.45, 2.75) is 19.4 Å². The van der Waals surface area contributed by atoms with Gasteiger partial charge in [-0.1, -0.05) is 41.6 Å². The number of oxime groups is 1. The largest absolute Gasteiger partial charge is 0.462 e. The van der Waals surface area contributed by atoms with Gasteiger partial charge >= 0.3 is 12.0 Å². The van der Waals surface area contributed by atoms with Gasteiger partial charge in [0.25, 0.3) is 0 Å². The predicted octanol–water partition coefficient (Wildman–Crippen LogP) is 4.08. The number of ether oxygens (including phenoxy) is 1. The Morgan fingerprint density at radius 2 is 1.97 bits per heavy atom. The quantitative estimate of drug-likeness (QED) is 0.528. The minimum Gasteiger partial charge on any atom is -0.462 e. The van der Waals surface area contributed by atoms with Crippen LogP contribution in [-0.4, -0.2) is 48.4 Å². The lowest BCUT2D eigenvalue weighted by Gasteiger charge is -2.24. The number of esters is 1. The van der Waals surface area contributed by atoms with Crippen molar-refractivity contribution < 1.29 is 19.2 Å². The third kappa shape index (κ3) is 5.47. The zero-order valence-corrected chi connectivity index (χ0v) is 16.9. The summed E-state index contributed by atoms with van der Waals surface area (Å²) in [6, 6.07) is 16.1. The molecule has 2 amide bonds. The minimum absolute atomic E-state index is 0.225. The fourth-order valence-electron chi connectivity index (χ4n) is 3.08. The Balaban J connectivity index is 1.57. The number of carbonyl (C=O) groups is 2. The molecule has 1 atom stereocenters. The summed E-state index contributed by atoms with van der Waals surface area (Å²) in [5.41, 5.74) is 2.90. The maximum atomic E-state index is 12.7. The fourth-order valence-corrected chi connectivity index (χ4v) is 3.08. The van der Waals surface area contributed by atoms with E-state index in [-0.39, 0.29) is 12.1 Å². The molecule has 156 valence electrons. The molecule has 0 saturated heterocycles. The monoisotopic (exact) mass is 407 g/mol. The molecule has 2 aromatic carbocycles. The molecule has 0 aromatic heterocycles. The molecule has 1 aliphatic rings. The van der Waals surface area contributed by atoms with Gasteiger partial charge in [0.15, 0.2) is 6.10 Å². The summed E-state index contributed by atoms with van der Waals surface area (Å²) in [6.45, 7) is 6.54. The predicted molar refractivity (Wildman–Crippen MR) is 116 cm³/mol. The number of amides is 2. The lowest BCUT2D eigenvalue weighted by atomic mass is 10.1. The second-order valence-corrected chi connectivity index (χ2v) is 6.76. The zero-order chi connectivity index (χ0) is 21.3. The van der Waals surface area contributed by atoms with Crippen molar-refractivity contribution in [1.82, 2.24) is 4.90 Å². The minimum atomic E-state index is -0.392. The van der Waals surface area contributed by atoms with Crippen LogP contribution in [0.15, 0.2) is 72.4 Å². The molecule has 1 unspecified atom stereocenters. The van der Waals surface area contributed by atoms with Gasteiger partial charge < -0.3 is 19.8 Å². The van der Waals surface area contributed by atoms with E-state index in [1.54, 1.807) is 42.2 Å². The van der Waals surface area contributed by atoms with Crippen molar-refractivity contribution in [3.63, 3.8) is 0 Å². The molecule has 0 fully saturated rings. The van der Waals surface area contributed by atoms with Gasteiger partial charge in [0.2, 0.25) is 0 Å². The first-order chi connectivity index (χ1) is 14.6. The lowest BCUT2D eigenvalue weighted by Crippen LogP contribution is -2.40. The van der Waals surface area contributed by atoms with E-state index in [2.05, 4.69) is 17.1 Å². The normalized spacial score (nSPS) is 15.0. The number of urea groups is 1. The van der Waals surface area contributed by atoms with Gasteiger partial charge in [-0.3, -0.25) is 0 Å². The van der Waals surface area contributed by atoms with E-state index in [9.17, 15) is 9.59 Å². The molecule has 3 rings (SSSR count). The summed E-state index contributed by atoms with van der Waals surface area (Å²) in [5, 5.41) is 7.01. The molecule has 1 heterocycles. The van der Waals surface area contributed by atoms with E-state index < -0.39 is 5.97 Å². The van der Waals surface area contributed by atoms with Gasteiger partial charge in [0.1, 0.15) is 0 Å². The van der Waals surface area contributed by atoms with Crippen molar-refractivity contribution in [3.8, 4) is 0 Å². The molecule has 0 radical (unpaired) electrons. The Morgan fingerprint density at radius 1 is 1.23 bits per heavy atom. The van der Waals surface area contributed by atoms with Crippen LogP contribution in [0.5, 0.6) is 0 Å². The van der Waals surface area contributed by atoms with Gasteiger partial charge in [-0.25, -0.2) is 9.59 Å². The molecule has 7 heteroatoms. The molecule has 1 N–H and O–H groups in total. The van der Waals surface area contributed by atoms with Crippen LogP contribution in [0.3, 0.4) is 0 Å². The van der Waals surface area contributed by atoms with Crippen molar-refractivity contribution in [1.29, 1.82) is 0 Å². The van der Waals surface area contributed by atoms with Gasteiger partial charge in [-0.15, -0.1) is 6.58 Å². The number of benzene rings is 2. The zero-order valence-electron chi connectivity index (χ0n) is 16.9. The lowest BCUT2D eigenvalue weighted by molar-refractivity contribution is 0.0526. The molecular formula is C23H25N3O4. The summed E-state index contributed by atoms with van der Waals surface area (Å²) in [6.07, 6.45) is 2.06. The Labute approximate surface area is 176 Å². The fraction of sp³-hybridized carbons (Fsp3) is 0.261. The van der Waals surface area contributed by atoms with Crippen molar-refractivity contribution >= 4 is 23.4 Å². The highest BCUT2D eigenvalue weighted by Gasteiger charge is 2.26. The third-order valence-corrected chi connectivity index (χ3v) is 4.55. The molecule has 0 saturated carbocycles. The molecule has 0 aliphatic carbocycles. The summed E-state index contributed by atoms with van der Waals surface area (Å²) >= 11 is 0. The highest BCUT2D eigenvalue weighted by atomic mass is 16.6. The second-order valence-electron chi connectivity index (χ2n) is 6.76. The first-order valence-electron chi connectivity index (χ1n) is 9.82. The smallest absolute Gasteiger partial charge is 0.338 e. The van der Waals surface area contributed by atoms with E-state index in [1.807, 2.05) is 30.3 Å². The van der Waals surface area contributed by atoms with E-state index in [0.29, 0.717) is 37.4 Å². The standard InChI is InChI=1S/C23H25N3O4/c1-3-14-26(16-20-15-21(25-30-20)17-8-6-5-7-9-17)23(28)24-19-12-10-18(11-13-19)22(27)29-4-2/h3,5-13,20H,1,4,14-16H2,2H3,(H,24,28). The molecule has 2 aromatic rings. The number of nitrogens with zero attached hydrogens (tertiary/aromatic N) is 2. The van der Waals surface area contributed by atoms with E-state index in [1.165, 1.54) is 0 Å². The highest BCUT2D eigenvalue weighted by Crippen LogP contribution is 2.18. The van der Waals surface area contributed by atoms with Crippen LogP contribution in [-0.2, 0) is 9.57 Å². The number of hydrogen-bond acceptors (Lipinski definition) is 5. The summed E-state index contributed by atoms with van der Waals surface area (Å²) in [7, 11) is 0. The molecular weight excluding hydrogens is 382 g/mol. The highest BCUT2D eigenvalue weighted by molar-refractivity contribution is 6.01. The molecule has 30 heavy (non-hydrogen) atoms. The van der Waals surface area contributed by atoms with E-state index in [4.69, 9.17) is 9.57 Å². The Bertz CT molecular complexity index is 910. The number of anilines is 1. The maximum absolute atomic E-state index is 12.7. The number of rotatable bonds is 8. The van der Waals surface area contributed by atoms with E-state index >= 15 is 0 Å². The maximum Gasteiger partial charge on any atom is 0.338 e. The second kappa shape index (κ2) is 10.2. The van der Waals surface area contributed by atoms with Crippen LogP contribution >= 0.6 is 0 Å². The Kier molecular flexibility index (Phi) is 7.21.